The topological polar surface area (TPSA) is 58.2 Å². The molecule has 4 aromatic carbocycles. The fraction of sp³-hybridized carbons (Fsp3) is 0.103. The van der Waals surface area contributed by atoms with Crippen molar-refractivity contribution < 1.29 is 9.59 Å². The maximum atomic E-state index is 13.3. The van der Waals surface area contributed by atoms with Crippen LogP contribution < -0.4 is 10.6 Å². The molecule has 4 nitrogen and oxygen atoms in total. The molecule has 2 amide bonds. The molecular weight excluding hydrogens is 476 g/mol. The van der Waals surface area contributed by atoms with Crippen LogP contribution >= 0.6 is 23.4 Å². The van der Waals surface area contributed by atoms with E-state index in [2.05, 4.69) is 10.6 Å². The van der Waals surface area contributed by atoms with Gasteiger partial charge in [-0.1, -0.05) is 65.7 Å². The summed E-state index contributed by atoms with van der Waals surface area (Å²) in [6, 6.07) is 30.0. The number of anilines is 2. The van der Waals surface area contributed by atoms with E-state index in [-0.39, 0.29) is 11.8 Å². The molecule has 0 aliphatic carbocycles. The highest BCUT2D eigenvalue weighted by Gasteiger charge is 2.23. The summed E-state index contributed by atoms with van der Waals surface area (Å²) in [5.74, 6) is -0.299. The van der Waals surface area contributed by atoms with Gasteiger partial charge in [-0.3, -0.25) is 9.59 Å². The normalized spacial score (nSPS) is 11.5. The molecule has 2 N–H and O–H groups in total. The Morgan fingerprint density at radius 3 is 2.14 bits per heavy atom. The number of aryl methyl sites for hydroxylation is 1. The first-order chi connectivity index (χ1) is 16.9. The van der Waals surface area contributed by atoms with Crippen molar-refractivity contribution in [3.63, 3.8) is 0 Å². The Morgan fingerprint density at radius 2 is 1.46 bits per heavy atom. The van der Waals surface area contributed by atoms with Crippen molar-refractivity contribution in [3.05, 3.63) is 124 Å². The average molecular weight is 501 g/mol. The van der Waals surface area contributed by atoms with Crippen molar-refractivity contribution in [1.29, 1.82) is 0 Å². The molecule has 0 saturated carbocycles. The van der Waals surface area contributed by atoms with Crippen molar-refractivity contribution >= 4 is 46.6 Å². The van der Waals surface area contributed by atoms with Gasteiger partial charge in [-0.05, 0) is 73.5 Å². The van der Waals surface area contributed by atoms with Crippen molar-refractivity contribution in [1.82, 2.24) is 0 Å². The zero-order valence-corrected chi connectivity index (χ0v) is 21.0. The molecule has 1 unspecified atom stereocenters. The summed E-state index contributed by atoms with van der Waals surface area (Å²) in [7, 11) is 0. The van der Waals surface area contributed by atoms with E-state index in [4.69, 9.17) is 11.6 Å². The number of amides is 2. The van der Waals surface area contributed by atoms with Crippen molar-refractivity contribution in [3.8, 4) is 0 Å². The number of hydrogen-bond acceptors (Lipinski definition) is 3. The Balaban J connectivity index is 1.50. The lowest BCUT2D eigenvalue weighted by Gasteiger charge is -2.18. The van der Waals surface area contributed by atoms with Gasteiger partial charge in [0.05, 0.1) is 0 Å². The van der Waals surface area contributed by atoms with Crippen molar-refractivity contribution in [2.24, 2.45) is 0 Å². The van der Waals surface area contributed by atoms with Crippen LogP contribution in [0.5, 0.6) is 0 Å². The molecule has 0 radical (unpaired) electrons. The van der Waals surface area contributed by atoms with E-state index in [0.29, 0.717) is 22.0 Å². The largest absolute Gasteiger partial charge is 0.325 e. The highest BCUT2D eigenvalue weighted by molar-refractivity contribution is 8.00. The monoisotopic (exact) mass is 500 g/mol. The minimum atomic E-state index is -0.470. The highest BCUT2D eigenvalue weighted by atomic mass is 35.5. The van der Waals surface area contributed by atoms with E-state index in [0.717, 1.165) is 21.6 Å². The number of thioether (sulfide) groups is 1. The van der Waals surface area contributed by atoms with Gasteiger partial charge in [-0.2, -0.15) is 0 Å². The minimum Gasteiger partial charge on any atom is -0.325 e. The number of nitrogens with one attached hydrogen (secondary N) is 2. The third kappa shape index (κ3) is 6.32. The van der Waals surface area contributed by atoms with E-state index in [1.807, 2.05) is 92.7 Å². The van der Waals surface area contributed by atoms with Crippen LogP contribution in [0, 0.1) is 13.8 Å². The van der Waals surface area contributed by atoms with Crippen LogP contribution in [0.1, 0.15) is 32.3 Å². The smallest absolute Gasteiger partial charge is 0.255 e. The number of halogens is 1. The summed E-state index contributed by atoms with van der Waals surface area (Å²) < 4.78 is 0. The van der Waals surface area contributed by atoms with E-state index in [1.54, 1.807) is 18.2 Å². The van der Waals surface area contributed by atoms with Crippen molar-refractivity contribution in [2.75, 3.05) is 10.6 Å². The number of rotatable bonds is 7. The molecule has 4 aromatic rings. The Labute approximate surface area is 214 Å². The second kappa shape index (κ2) is 11.3. The van der Waals surface area contributed by atoms with Crippen LogP contribution in [0.2, 0.25) is 5.02 Å². The van der Waals surface area contributed by atoms with E-state index in [9.17, 15) is 9.59 Å². The van der Waals surface area contributed by atoms with Crippen LogP contribution in [0.15, 0.2) is 102 Å². The fourth-order valence-electron chi connectivity index (χ4n) is 3.50. The molecule has 0 fully saturated rings. The standard InChI is InChI=1S/C29H25ClN2O2S/c1-19-11-13-22(14-12-19)28(33)31-23-15-17-24(18-16-23)35-27(21-7-4-3-5-8-21)29(34)32-26-10-6-9-25(30)20(26)2/h3-18,27H,1-2H3,(H,31,33)(H,32,34). The third-order valence-corrected chi connectivity index (χ3v) is 7.22. The molecule has 1 atom stereocenters. The van der Waals surface area contributed by atoms with Crippen LogP contribution in [0.3, 0.4) is 0 Å². The molecule has 0 saturated heterocycles. The predicted molar refractivity (Wildman–Crippen MR) is 145 cm³/mol. The van der Waals surface area contributed by atoms with Gasteiger partial charge in [0.15, 0.2) is 0 Å². The lowest BCUT2D eigenvalue weighted by atomic mass is 10.1. The quantitative estimate of drug-likeness (QED) is 0.256. The molecule has 0 heterocycles. The number of carbonyl (C=O) groups is 2. The van der Waals surface area contributed by atoms with Crippen LogP contribution in [-0.4, -0.2) is 11.8 Å². The first-order valence-electron chi connectivity index (χ1n) is 11.2. The van der Waals surface area contributed by atoms with E-state index in [1.165, 1.54) is 11.8 Å². The summed E-state index contributed by atoms with van der Waals surface area (Å²) in [6.07, 6.45) is 0. The van der Waals surface area contributed by atoms with Gasteiger partial charge in [-0.25, -0.2) is 0 Å². The Kier molecular flexibility index (Phi) is 7.91. The summed E-state index contributed by atoms with van der Waals surface area (Å²) in [4.78, 5) is 26.8. The molecule has 35 heavy (non-hydrogen) atoms. The summed E-state index contributed by atoms with van der Waals surface area (Å²) in [5, 5.41) is 6.08. The third-order valence-electron chi connectivity index (χ3n) is 5.55. The van der Waals surface area contributed by atoms with Gasteiger partial charge in [0.2, 0.25) is 5.91 Å². The van der Waals surface area contributed by atoms with E-state index < -0.39 is 5.25 Å². The van der Waals surface area contributed by atoms with Gasteiger partial charge in [0.25, 0.3) is 5.91 Å². The van der Waals surface area contributed by atoms with Gasteiger partial charge >= 0.3 is 0 Å². The first kappa shape index (κ1) is 24.6. The Morgan fingerprint density at radius 1 is 0.771 bits per heavy atom. The zero-order valence-electron chi connectivity index (χ0n) is 19.4. The molecule has 4 rings (SSSR count). The van der Waals surface area contributed by atoms with Gasteiger partial charge in [0.1, 0.15) is 5.25 Å². The Bertz CT molecular complexity index is 1320. The average Bonchev–Trinajstić information content (AvgIpc) is 2.87. The SMILES string of the molecule is Cc1ccc(C(=O)Nc2ccc(SC(C(=O)Nc3cccc(Cl)c3C)c3ccccc3)cc2)cc1. The molecule has 0 aliphatic rings. The number of benzene rings is 4. The lowest BCUT2D eigenvalue weighted by molar-refractivity contribution is -0.115. The van der Waals surface area contributed by atoms with Crippen LogP contribution in [0.4, 0.5) is 11.4 Å². The number of carbonyl (C=O) groups excluding carboxylic acids is 2. The van der Waals surface area contributed by atoms with E-state index >= 15 is 0 Å². The molecule has 6 heteroatoms. The van der Waals surface area contributed by atoms with Gasteiger partial charge in [0, 0.05) is 26.9 Å². The zero-order chi connectivity index (χ0) is 24.8. The highest BCUT2D eigenvalue weighted by Crippen LogP contribution is 2.37. The molecule has 0 spiro atoms. The van der Waals surface area contributed by atoms with Crippen LogP contribution in [-0.2, 0) is 4.79 Å². The fourth-order valence-corrected chi connectivity index (χ4v) is 4.70. The van der Waals surface area contributed by atoms with Crippen molar-refractivity contribution in [2.45, 2.75) is 24.0 Å². The minimum absolute atomic E-state index is 0.136. The summed E-state index contributed by atoms with van der Waals surface area (Å²) >= 11 is 7.68. The molecule has 176 valence electrons. The maximum Gasteiger partial charge on any atom is 0.255 e. The maximum absolute atomic E-state index is 13.3. The first-order valence-corrected chi connectivity index (χ1v) is 12.4. The summed E-state index contributed by atoms with van der Waals surface area (Å²) in [6.45, 7) is 3.86. The molecule has 0 bridgehead atoms. The molecule has 0 aliphatic heterocycles. The van der Waals surface area contributed by atoms with Crippen LogP contribution in [0.25, 0.3) is 0 Å². The number of hydrogen-bond donors (Lipinski definition) is 2. The second-order valence-corrected chi connectivity index (χ2v) is 9.74. The summed E-state index contributed by atoms with van der Waals surface area (Å²) in [5.41, 5.74) is 4.81. The lowest BCUT2D eigenvalue weighted by Crippen LogP contribution is -2.19. The predicted octanol–water partition coefficient (Wildman–Crippen LogP) is 7.68. The van der Waals surface area contributed by atoms with Gasteiger partial charge < -0.3 is 10.6 Å². The van der Waals surface area contributed by atoms with Gasteiger partial charge in [-0.15, -0.1) is 11.8 Å². The molecular formula is C29H25ClN2O2S. The molecule has 0 aromatic heterocycles. The second-order valence-electron chi connectivity index (χ2n) is 8.15. The Hall–Kier alpha value is -3.54.